The van der Waals surface area contributed by atoms with E-state index in [1.807, 2.05) is 30.3 Å². The third-order valence-electron chi connectivity index (χ3n) is 5.62. The molecule has 0 aliphatic carbocycles. The van der Waals surface area contributed by atoms with E-state index in [2.05, 4.69) is 69.3 Å². The Bertz CT molecular complexity index is 1200. The molecule has 0 amide bonds. The van der Waals surface area contributed by atoms with E-state index in [-0.39, 0.29) is 17.8 Å². The van der Waals surface area contributed by atoms with Crippen LogP contribution in [0.1, 0.15) is 29.0 Å². The van der Waals surface area contributed by atoms with Gasteiger partial charge in [-0.25, -0.2) is 0 Å². The van der Waals surface area contributed by atoms with Crippen LogP contribution < -0.4 is 10.2 Å². The molecule has 3 heterocycles. The number of rotatable bonds is 4. The second kappa shape index (κ2) is 7.89. The van der Waals surface area contributed by atoms with E-state index in [9.17, 15) is 5.11 Å². The van der Waals surface area contributed by atoms with E-state index >= 15 is 0 Å². The topological polar surface area (TPSA) is 53.3 Å². The van der Waals surface area contributed by atoms with Gasteiger partial charge in [0.2, 0.25) is 0 Å². The van der Waals surface area contributed by atoms with Gasteiger partial charge >= 0.3 is 0 Å². The highest BCUT2D eigenvalue weighted by atomic mass is 32.1. The standard InChI is InChI=1S/C25H22N4OS/c1-17-7-9-18(10-8-17)28-16-4-6-22(28)24-23(21-5-2-3-15-26-21)27-25(31)29(24)19-11-13-20(30)14-12-19/h2-16,23-24,30H,1H3,(H,27,31)/t23-,24+/m0/s1. The fraction of sp³-hybridized carbons (Fsp3) is 0.120. The number of aryl methyl sites for hydroxylation is 1. The van der Waals surface area contributed by atoms with Crippen molar-refractivity contribution in [2.75, 3.05) is 4.90 Å². The predicted molar refractivity (Wildman–Crippen MR) is 127 cm³/mol. The molecule has 6 heteroatoms. The van der Waals surface area contributed by atoms with E-state index in [0.717, 1.165) is 22.8 Å². The van der Waals surface area contributed by atoms with Crippen molar-refractivity contribution >= 4 is 23.0 Å². The monoisotopic (exact) mass is 426 g/mol. The van der Waals surface area contributed by atoms with Crippen LogP contribution in [0.5, 0.6) is 5.75 Å². The van der Waals surface area contributed by atoms with Crippen molar-refractivity contribution in [2.45, 2.75) is 19.0 Å². The van der Waals surface area contributed by atoms with Crippen LogP contribution in [0.3, 0.4) is 0 Å². The first-order chi connectivity index (χ1) is 15.1. The molecule has 2 aromatic carbocycles. The first kappa shape index (κ1) is 19.3. The summed E-state index contributed by atoms with van der Waals surface area (Å²) in [4.78, 5) is 6.72. The lowest BCUT2D eigenvalue weighted by atomic mass is 10.0. The molecule has 0 saturated carbocycles. The molecule has 31 heavy (non-hydrogen) atoms. The zero-order chi connectivity index (χ0) is 21.4. The van der Waals surface area contributed by atoms with Gasteiger partial charge in [0.15, 0.2) is 5.11 Å². The zero-order valence-electron chi connectivity index (χ0n) is 17.0. The summed E-state index contributed by atoms with van der Waals surface area (Å²) in [5.74, 6) is 0.225. The Hall–Kier alpha value is -3.64. The second-order valence-electron chi connectivity index (χ2n) is 7.65. The van der Waals surface area contributed by atoms with Crippen LogP contribution in [-0.4, -0.2) is 19.8 Å². The summed E-state index contributed by atoms with van der Waals surface area (Å²) in [6, 6.07) is 25.5. The molecule has 2 atom stereocenters. The van der Waals surface area contributed by atoms with Crippen molar-refractivity contribution in [3.05, 3.63) is 108 Å². The summed E-state index contributed by atoms with van der Waals surface area (Å²) in [5, 5.41) is 13.9. The lowest BCUT2D eigenvalue weighted by Gasteiger charge is -2.29. The Kier molecular flexibility index (Phi) is 4.92. The molecule has 1 aliphatic heterocycles. The summed E-state index contributed by atoms with van der Waals surface area (Å²) in [5.41, 5.74) is 5.25. The van der Waals surface area contributed by atoms with Crippen molar-refractivity contribution in [3.8, 4) is 11.4 Å². The molecule has 1 aliphatic rings. The van der Waals surface area contributed by atoms with E-state index in [1.54, 1.807) is 18.3 Å². The van der Waals surface area contributed by atoms with Gasteiger partial charge in [0.25, 0.3) is 0 Å². The molecular formula is C25H22N4OS. The summed E-state index contributed by atoms with van der Waals surface area (Å²) in [6.45, 7) is 2.09. The van der Waals surface area contributed by atoms with Gasteiger partial charge in [-0.15, -0.1) is 0 Å². The van der Waals surface area contributed by atoms with Crippen LogP contribution in [-0.2, 0) is 0 Å². The average molecular weight is 427 g/mol. The molecule has 1 saturated heterocycles. The highest BCUT2D eigenvalue weighted by Gasteiger charge is 2.42. The minimum atomic E-state index is -0.124. The van der Waals surface area contributed by atoms with E-state index in [0.29, 0.717) is 5.11 Å². The normalized spacial score (nSPS) is 18.2. The molecule has 0 spiro atoms. The highest BCUT2D eigenvalue weighted by Crippen LogP contribution is 2.42. The second-order valence-corrected chi connectivity index (χ2v) is 8.04. The number of nitrogens with zero attached hydrogens (tertiary/aromatic N) is 3. The maximum Gasteiger partial charge on any atom is 0.174 e. The SMILES string of the molecule is Cc1ccc(-n2cccc2[C@@H]2[C@H](c3ccccn3)NC(=S)N2c2ccc(O)cc2)cc1. The molecule has 154 valence electrons. The van der Waals surface area contributed by atoms with E-state index < -0.39 is 0 Å². The Labute approximate surface area is 186 Å². The maximum atomic E-state index is 9.78. The first-order valence-electron chi connectivity index (χ1n) is 10.2. The van der Waals surface area contributed by atoms with Crippen LogP contribution >= 0.6 is 12.2 Å². The van der Waals surface area contributed by atoms with Crippen molar-refractivity contribution in [1.82, 2.24) is 14.9 Å². The first-order valence-corrected chi connectivity index (χ1v) is 10.6. The number of anilines is 1. The van der Waals surface area contributed by atoms with Gasteiger partial charge in [-0.2, -0.15) is 0 Å². The number of aromatic nitrogens is 2. The fourth-order valence-corrected chi connectivity index (χ4v) is 4.47. The molecule has 2 aromatic heterocycles. The largest absolute Gasteiger partial charge is 0.508 e. The molecule has 0 unspecified atom stereocenters. The third-order valence-corrected chi connectivity index (χ3v) is 5.94. The van der Waals surface area contributed by atoms with Gasteiger partial charge in [0.05, 0.1) is 11.7 Å². The predicted octanol–water partition coefficient (Wildman–Crippen LogP) is 5.06. The minimum Gasteiger partial charge on any atom is -0.508 e. The van der Waals surface area contributed by atoms with Gasteiger partial charge in [-0.05, 0) is 79.8 Å². The number of hydrogen-bond acceptors (Lipinski definition) is 3. The summed E-state index contributed by atoms with van der Waals surface area (Å²) in [7, 11) is 0. The Balaban J connectivity index is 1.66. The summed E-state index contributed by atoms with van der Waals surface area (Å²) < 4.78 is 2.20. The lowest BCUT2D eigenvalue weighted by molar-refractivity contribution is 0.475. The van der Waals surface area contributed by atoms with Gasteiger partial charge in [0.1, 0.15) is 11.8 Å². The van der Waals surface area contributed by atoms with Crippen LogP contribution in [0.4, 0.5) is 5.69 Å². The number of phenolic OH excluding ortho intramolecular Hbond substituents is 1. The maximum absolute atomic E-state index is 9.78. The Morgan fingerprint density at radius 3 is 2.35 bits per heavy atom. The molecule has 4 aromatic rings. The van der Waals surface area contributed by atoms with Crippen LogP contribution in [0.25, 0.3) is 5.69 Å². The van der Waals surface area contributed by atoms with E-state index in [1.165, 1.54) is 5.56 Å². The fourth-order valence-electron chi connectivity index (χ4n) is 4.12. The molecule has 0 bridgehead atoms. The number of hydrogen-bond donors (Lipinski definition) is 2. The van der Waals surface area contributed by atoms with Crippen molar-refractivity contribution in [1.29, 1.82) is 0 Å². The molecule has 1 fully saturated rings. The highest BCUT2D eigenvalue weighted by molar-refractivity contribution is 7.80. The molecule has 0 radical (unpaired) electrons. The number of nitrogens with one attached hydrogen (secondary N) is 1. The van der Waals surface area contributed by atoms with Crippen molar-refractivity contribution in [3.63, 3.8) is 0 Å². The van der Waals surface area contributed by atoms with Gasteiger partial charge in [-0.3, -0.25) is 4.98 Å². The molecular weight excluding hydrogens is 404 g/mol. The van der Waals surface area contributed by atoms with Gasteiger partial charge in [0, 0.05) is 29.5 Å². The number of thiocarbonyl (C=S) groups is 1. The number of pyridine rings is 1. The quantitative estimate of drug-likeness (QED) is 0.447. The Morgan fingerprint density at radius 1 is 0.903 bits per heavy atom. The van der Waals surface area contributed by atoms with Gasteiger partial charge in [-0.1, -0.05) is 23.8 Å². The minimum absolute atomic E-state index is 0.122. The third kappa shape index (κ3) is 3.55. The van der Waals surface area contributed by atoms with Crippen LogP contribution in [0.2, 0.25) is 0 Å². The lowest BCUT2D eigenvalue weighted by Crippen LogP contribution is -2.30. The average Bonchev–Trinajstić information content (AvgIpc) is 3.40. The molecule has 2 N–H and O–H groups in total. The smallest absolute Gasteiger partial charge is 0.174 e. The van der Waals surface area contributed by atoms with Crippen LogP contribution in [0.15, 0.2) is 91.3 Å². The number of aromatic hydroxyl groups is 1. The summed E-state index contributed by atoms with van der Waals surface area (Å²) in [6.07, 6.45) is 3.88. The number of phenols is 1. The van der Waals surface area contributed by atoms with E-state index in [4.69, 9.17) is 12.2 Å². The van der Waals surface area contributed by atoms with Gasteiger partial charge < -0.3 is 19.9 Å². The molecule has 5 rings (SSSR count). The Morgan fingerprint density at radius 2 is 1.65 bits per heavy atom. The summed E-state index contributed by atoms with van der Waals surface area (Å²) >= 11 is 5.78. The molecule has 5 nitrogen and oxygen atoms in total. The van der Waals surface area contributed by atoms with Crippen LogP contribution in [0, 0.1) is 6.92 Å². The van der Waals surface area contributed by atoms with Crippen molar-refractivity contribution < 1.29 is 5.11 Å². The zero-order valence-corrected chi connectivity index (χ0v) is 17.8. The van der Waals surface area contributed by atoms with Crippen molar-refractivity contribution in [2.24, 2.45) is 0 Å². The number of benzene rings is 2.